The average molecular weight is 402 g/mol. The van der Waals surface area contributed by atoms with E-state index in [0.717, 1.165) is 49.6 Å². The summed E-state index contributed by atoms with van der Waals surface area (Å²) in [7, 11) is 0. The molecule has 0 spiro atoms. The van der Waals surface area contributed by atoms with Gasteiger partial charge in [-0.25, -0.2) is 4.39 Å². The second-order valence-electron chi connectivity index (χ2n) is 7.73. The molecule has 0 radical (unpaired) electrons. The molecule has 3 rings (SSSR count). The summed E-state index contributed by atoms with van der Waals surface area (Å²) in [5.74, 6) is 0.702. The number of aliphatic hydroxyl groups is 1. The fourth-order valence-electron chi connectivity index (χ4n) is 3.59. The highest BCUT2D eigenvalue weighted by Gasteiger charge is 2.22. The monoisotopic (exact) mass is 401 g/mol. The first-order valence-electron chi connectivity index (χ1n) is 10.2. The molecule has 1 heterocycles. The van der Waals surface area contributed by atoms with Crippen molar-refractivity contribution in [2.45, 2.75) is 25.9 Å². The van der Waals surface area contributed by atoms with Crippen molar-refractivity contribution in [2.75, 3.05) is 44.2 Å². The molecule has 0 amide bonds. The van der Waals surface area contributed by atoms with Crippen LogP contribution in [0.3, 0.4) is 0 Å². The van der Waals surface area contributed by atoms with Crippen molar-refractivity contribution < 1.29 is 23.9 Å². The third-order valence-corrected chi connectivity index (χ3v) is 5.32. The second-order valence-corrected chi connectivity index (χ2v) is 7.73. The van der Waals surface area contributed by atoms with E-state index in [9.17, 15) is 14.3 Å². The number of ether oxygens (including phenoxy) is 1. The van der Waals surface area contributed by atoms with Crippen molar-refractivity contribution in [1.82, 2.24) is 0 Å². The van der Waals surface area contributed by atoms with Crippen LogP contribution in [-0.4, -0.2) is 56.3 Å². The predicted octanol–water partition coefficient (Wildman–Crippen LogP) is 1.49. The number of hydrogen-bond acceptors (Lipinski definition) is 4. The summed E-state index contributed by atoms with van der Waals surface area (Å²) in [5.41, 5.74) is 2.15. The molecule has 1 atom stereocenters. The summed E-state index contributed by atoms with van der Waals surface area (Å²) < 4.78 is 18.8. The van der Waals surface area contributed by atoms with E-state index in [1.165, 1.54) is 17.0 Å². The Labute approximate surface area is 171 Å². The Morgan fingerprint density at radius 2 is 1.79 bits per heavy atom. The molecule has 0 saturated carbocycles. The van der Waals surface area contributed by atoms with Crippen LogP contribution in [0.2, 0.25) is 0 Å². The minimum Gasteiger partial charge on any atom is -0.491 e. The van der Waals surface area contributed by atoms with Gasteiger partial charge in [-0.1, -0.05) is 12.1 Å². The number of Topliss-reactive ketones (excluding diaryl/α,β-unsaturated/α-hetero) is 1. The molecule has 156 valence electrons. The number of nitrogens with zero attached hydrogens (tertiary/aromatic N) is 1. The van der Waals surface area contributed by atoms with Gasteiger partial charge in [0.15, 0.2) is 0 Å². The van der Waals surface area contributed by atoms with Crippen molar-refractivity contribution in [3.8, 4) is 5.75 Å². The zero-order valence-corrected chi connectivity index (χ0v) is 16.9. The molecule has 1 aliphatic heterocycles. The summed E-state index contributed by atoms with van der Waals surface area (Å²) in [4.78, 5) is 14.7. The Kier molecular flexibility index (Phi) is 7.61. The molecule has 5 nitrogen and oxygen atoms in total. The van der Waals surface area contributed by atoms with Gasteiger partial charge in [-0.15, -0.1) is 0 Å². The van der Waals surface area contributed by atoms with Gasteiger partial charge in [-0.2, -0.15) is 0 Å². The van der Waals surface area contributed by atoms with Crippen LogP contribution in [0.25, 0.3) is 0 Å². The Bertz CT molecular complexity index is 772. The van der Waals surface area contributed by atoms with Crippen LogP contribution in [0.1, 0.15) is 18.9 Å². The SMILES string of the molecule is CC(=O)CCc1ccc(OC[C@@H](O)C[NH+]2CCN(c3ccc(F)cc3)CC2)cc1. The summed E-state index contributed by atoms with van der Waals surface area (Å²) in [5, 5.41) is 10.3. The summed E-state index contributed by atoms with van der Waals surface area (Å²) in [6.45, 7) is 6.14. The molecule has 1 aliphatic rings. The van der Waals surface area contributed by atoms with Crippen LogP contribution < -0.4 is 14.5 Å². The van der Waals surface area contributed by atoms with Crippen LogP contribution >= 0.6 is 0 Å². The van der Waals surface area contributed by atoms with Crippen molar-refractivity contribution >= 4 is 11.5 Å². The van der Waals surface area contributed by atoms with E-state index in [1.807, 2.05) is 36.4 Å². The lowest BCUT2D eigenvalue weighted by Gasteiger charge is -2.34. The van der Waals surface area contributed by atoms with E-state index in [4.69, 9.17) is 4.74 Å². The van der Waals surface area contributed by atoms with E-state index in [1.54, 1.807) is 6.92 Å². The number of anilines is 1. The Morgan fingerprint density at radius 3 is 2.41 bits per heavy atom. The molecule has 6 heteroatoms. The van der Waals surface area contributed by atoms with Gasteiger partial charge in [0, 0.05) is 12.1 Å². The molecule has 2 aromatic rings. The summed E-state index contributed by atoms with van der Waals surface area (Å²) >= 11 is 0. The number of aryl methyl sites for hydroxylation is 1. The van der Waals surface area contributed by atoms with Gasteiger partial charge >= 0.3 is 0 Å². The first-order valence-corrected chi connectivity index (χ1v) is 10.2. The van der Waals surface area contributed by atoms with Gasteiger partial charge in [0.1, 0.15) is 36.6 Å². The standard InChI is InChI=1S/C23H29FN2O3/c1-18(27)2-3-19-4-10-23(11-5-19)29-17-22(28)16-25-12-14-26(15-13-25)21-8-6-20(24)7-9-21/h4-11,22,28H,2-3,12-17H2,1H3/p+1/t22-/m0/s1. The first-order chi connectivity index (χ1) is 14.0. The summed E-state index contributed by atoms with van der Waals surface area (Å²) in [6.07, 6.45) is 0.765. The number of halogens is 1. The van der Waals surface area contributed by atoms with Gasteiger partial charge in [-0.05, 0) is 55.3 Å². The molecular formula is C23H30FN2O3+. The third-order valence-electron chi connectivity index (χ3n) is 5.32. The number of rotatable bonds is 9. The number of carbonyl (C=O) groups excluding carboxylic acids is 1. The second kappa shape index (κ2) is 10.4. The minimum absolute atomic E-state index is 0.189. The number of hydrogen-bond donors (Lipinski definition) is 2. The zero-order valence-electron chi connectivity index (χ0n) is 16.9. The number of nitrogens with one attached hydrogen (secondary N) is 1. The van der Waals surface area contributed by atoms with Crippen molar-refractivity contribution in [1.29, 1.82) is 0 Å². The minimum atomic E-state index is -0.528. The number of aliphatic hydroxyl groups excluding tert-OH is 1. The highest BCUT2D eigenvalue weighted by molar-refractivity contribution is 5.75. The largest absolute Gasteiger partial charge is 0.491 e. The molecule has 1 fully saturated rings. The molecule has 1 saturated heterocycles. The van der Waals surface area contributed by atoms with Crippen molar-refractivity contribution in [3.05, 3.63) is 59.9 Å². The Balaban J connectivity index is 1.37. The number of benzene rings is 2. The predicted molar refractivity (Wildman–Crippen MR) is 111 cm³/mol. The van der Waals surface area contributed by atoms with Gasteiger partial charge in [0.2, 0.25) is 0 Å². The Hall–Kier alpha value is -2.44. The van der Waals surface area contributed by atoms with E-state index in [0.29, 0.717) is 13.0 Å². The van der Waals surface area contributed by atoms with Crippen LogP contribution in [-0.2, 0) is 11.2 Å². The molecule has 2 N–H and O–H groups in total. The van der Waals surface area contributed by atoms with Gasteiger partial charge in [-0.3, -0.25) is 0 Å². The highest BCUT2D eigenvalue weighted by atomic mass is 19.1. The van der Waals surface area contributed by atoms with Gasteiger partial charge in [0.25, 0.3) is 0 Å². The lowest BCUT2D eigenvalue weighted by molar-refractivity contribution is -0.903. The maximum absolute atomic E-state index is 13.1. The van der Waals surface area contributed by atoms with Crippen LogP contribution in [0.15, 0.2) is 48.5 Å². The summed E-state index contributed by atoms with van der Waals surface area (Å²) in [6, 6.07) is 14.3. The fraction of sp³-hybridized carbons (Fsp3) is 0.435. The number of quaternary nitrogens is 1. The average Bonchev–Trinajstić information content (AvgIpc) is 2.73. The molecule has 0 aliphatic carbocycles. The van der Waals surface area contributed by atoms with Crippen molar-refractivity contribution in [2.24, 2.45) is 0 Å². The lowest BCUT2D eigenvalue weighted by Crippen LogP contribution is -3.16. The molecule has 0 aromatic heterocycles. The highest BCUT2D eigenvalue weighted by Crippen LogP contribution is 2.15. The molecular weight excluding hydrogens is 371 g/mol. The van der Waals surface area contributed by atoms with Gasteiger partial charge < -0.3 is 24.4 Å². The van der Waals surface area contributed by atoms with Crippen LogP contribution in [0, 0.1) is 5.82 Å². The van der Waals surface area contributed by atoms with E-state index in [2.05, 4.69) is 4.90 Å². The lowest BCUT2D eigenvalue weighted by atomic mass is 10.1. The topological polar surface area (TPSA) is 54.2 Å². The normalized spacial score (nSPS) is 15.9. The maximum Gasteiger partial charge on any atom is 0.137 e. The van der Waals surface area contributed by atoms with Crippen LogP contribution in [0.5, 0.6) is 5.75 Å². The molecule has 2 aromatic carbocycles. The van der Waals surface area contributed by atoms with E-state index >= 15 is 0 Å². The van der Waals surface area contributed by atoms with Crippen molar-refractivity contribution in [3.63, 3.8) is 0 Å². The Morgan fingerprint density at radius 1 is 1.14 bits per heavy atom. The maximum atomic E-state index is 13.1. The number of carbonyl (C=O) groups is 1. The smallest absolute Gasteiger partial charge is 0.137 e. The fourth-order valence-corrected chi connectivity index (χ4v) is 3.59. The number of ketones is 1. The van der Waals surface area contributed by atoms with E-state index < -0.39 is 6.10 Å². The molecule has 29 heavy (non-hydrogen) atoms. The van der Waals surface area contributed by atoms with E-state index in [-0.39, 0.29) is 18.2 Å². The van der Waals surface area contributed by atoms with Gasteiger partial charge in [0.05, 0.1) is 26.2 Å². The molecule has 0 bridgehead atoms. The first kappa shape index (κ1) is 21.3. The van der Waals surface area contributed by atoms with Crippen LogP contribution in [0.4, 0.5) is 10.1 Å². The third kappa shape index (κ3) is 6.84. The zero-order chi connectivity index (χ0) is 20.6. The quantitative estimate of drug-likeness (QED) is 0.669. The molecule has 0 unspecified atom stereocenters. The number of piperazine rings is 1.